The molecule has 16 nitrogen and oxygen atoms in total. The van der Waals surface area contributed by atoms with Gasteiger partial charge >= 0.3 is 5.69 Å². The minimum atomic E-state index is -2.70. The van der Waals surface area contributed by atoms with Crippen molar-refractivity contribution in [2.45, 2.75) is 101 Å². The second-order valence-corrected chi connectivity index (χ2v) is 17.4. The molecule has 10 rings (SSSR count). The zero-order chi connectivity index (χ0) is 42.5. The van der Waals surface area contributed by atoms with E-state index in [2.05, 4.69) is 42.5 Å². The van der Waals surface area contributed by atoms with E-state index in [9.17, 15) is 23.2 Å². The van der Waals surface area contributed by atoms with Gasteiger partial charge in [0, 0.05) is 64.1 Å². The van der Waals surface area contributed by atoms with E-state index >= 15 is 0 Å². The van der Waals surface area contributed by atoms with E-state index < -0.39 is 18.4 Å². The number of carbonyl (C=O) groups excluding carboxylic acids is 2. The number of rotatable bonds is 11. The fourth-order valence-electron chi connectivity index (χ4n) is 10.2. The second kappa shape index (κ2) is 16.9. The first-order chi connectivity index (χ1) is 30.2. The number of morpholine rings is 1. The molecule has 0 radical (unpaired) electrons. The molecule has 326 valence electrons. The number of nitrogens with one attached hydrogen (secondary N) is 2. The lowest BCUT2D eigenvalue weighted by molar-refractivity contribution is -0.135. The van der Waals surface area contributed by atoms with Crippen LogP contribution in [-0.4, -0.2) is 108 Å². The number of ether oxygens (including phenoxy) is 2. The predicted octanol–water partition coefficient (Wildman–Crippen LogP) is 4.35. The molecule has 4 aliphatic heterocycles. The molecule has 5 fully saturated rings. The highest BCUT2D eigenvalue weighted by Gasteiger charge is 2.40. The molecule has 1 aromatic carbocycles. The van der Waals surface area contributed by atoms with E-state index in [-0.39, 0.29) is 55.0 Å². The Morgan fingerprint density at radius 1 is 1.05 bits per heavy atom. The topological polar surface area (TPSA) is 158 Å². The van der Waals surface area contributed by atoms with Gasteiger partial charge in [-0.25, -0.2) is 23.1 Å². The summed E-state index contributed by atoms with van der Waals surface area (Å²) < 4.78 is 46.9. The second-order valence-electron chi connectivity index (χ2n) is 17.4. The summed E-state index contributed by atoms with van der Waals surface area (Å²) in [5, 5.41) is 14.4. The van der Waals surface area contributed by atoms with E-state index in [0.29, 0.717) is 53.0 Å². The standard InChI is InChI=1S/C44H51F2N11O5/c1-52-40-28(4-2-6-35(40)57(44(52)60)36-11-12-38(58)50-43(36)59)5-3-19-61-32-13-16-53(17-14-32)23-27-7-9-30(10-8-27)56-25-34(39(51-56)41(45)46)47-21-29-22-48-55-18-15-37(49-42(29)55)54-24-33-20-31(54)26-62-33/h2,4,6,15,18,22,25,27,30-33,36,41,47H,7-14,16-17,19-21,23-24,26H2,1H3,(H,50,58,59)/t27?,30?,31-,33-,36?/m1/s1. The van der Waals surface area contributed by atoms with Crippen LogP contribution in [0.4, 0.5) is 20.3 Å². The number of benzene rings is 1. The Morgan fingerprint density at radius 2 is 1.89 bits per heavy atom. The number of anilines is 2. The molecule has 2 N–H and O–H groups in total. The van der Waals surface area contributed by atoms with Crippen LogP contribution in [0.3, 0.4) is 0 Å². The van der Waals surface area contributed by atoms with E-state index in [0.717, 1.165) is 82.5 Å². The molecule has 4 aromatic heterocycles. The number of imide groups is 1. The molecule has 1 saturated carbocycles. The van der Waals surface area contributed by atoms with Gasteiger partial charge in [0.05, 0.1) is 59.4 Å². The molecule has 0 spiro atoms. The number of alkyl halides is 2. The fourth-order valence-corrected chi connectivity index (χ4v) is 10.2. The molecular formula is C44H51F2N11O5. The van der Waals surface area contributed by atoms with Crippen LogP contribution in [0.1, 0.15) is 93.1 Å². The van der Waals surface area contributed by atoms with Crippen molar-refractivity contribution in [2.24, 2.45) is 13.0 Å². The summed E-state index contributed by atoms with van der Waals surface area (Å²) in [6.45, 7) is 4.99. The maximum atomic E-state index is 14.3. The van der Waals surface area contributed by atoms with Gasteiger partial charge in [0.2, 0.25) is 11.8 Å². The fraction of sp³-hybridized carbons (Fsp3) is 0.545. The van der Waals surface area contributed by atoms with Gasteiger partial charge in [-0.1, -0.05) is 17.9 Å². The lowest BCUT2D eigenvalue weighted by Gasteiger charge is -2.36. The summed E-state index contributed by atoms with van der Waals surface area (Å²) in [7, 11) is 1.67. The number of likely N-dealkylation sites (tertiary alicyclic amines) is 1. The summed E-state index contributed by atoms with van der Waals surface area (Å²) in [6.07, 6.45) is 10.1. The first kappa shape index (κ1) is 40.4. The molecule has 2 bridgehead atoms. The highest BCUT2D eigenvalue weighted by Crippen LogP contribution is 2.36. The van der Waals surface area contributed by atoms with Crippen LogP contribution in [-0.2, 0) is 32.7 Å². The van der Waals surface area contributed by atoms with Crippen LogP contribution in [0.15, 0.2) is 47.7 Å². The van der Waals surface area contributed by atoms with Crippen LogP contribution >= 0.6 is 0 Å². The Morgan fingerprint density at radius 3 is 2.65 bits per heavy atom. The smallest absolute Gasteiger partial charge is 0.329 e. The van der Waals surface area contributed by atoms with Crippen molar-refractivity contribution >= 4 is 40.0 Å². The highest BCUT2D eigenvalue weighted by atomic mass is 19.3. The first-order valence-electron chi connectivity index (χ1n) is 21.9. The number of carbonyl (C=O) groups is 2. The zero-order valence-electron chi connectivity index (χ0n) is 34.7. The average molecular weight is 852 g/mol. The molecule has 1 unspecified atom stereocenters. The monoisotopic (exact) mass is 851 g/mol. The Bertz CT molecular complexity index is 2610. The lowest BCUT2D eigenvalue weighted by atomic mass is 9.85. The van der Waals surface area contributed by atoms with Crippen molar-refractivity contribution in [1.82, 2.24) is 43.7 Å². The normalized spacial score (nSPS) is 24.6. The first-order valence-corrected chi connectivity index (χ1v) is 21.9. The molecule has 62 heavy (non-hydrogen) atoms. The number of aromatic nitrogens is 7. The van der Waals surface area contributed by atoms with Crippen molar-refractivity contribution in [3.8, 4) is 11.8 Å². The van der Waals surface area contributed by atoms with E-state index in [1.807, 2.05) is 24.4 Å². The highest BCUT2D eigenvalue weighted by molar-refractivity contribution is 6.00. The quantitative estimate of drug-likeness (QED) is 0.144. The molecule has 8 heterocycles. The Balaban J connectivity index is 0.690. The maximum absolute atomic E-state index is 14.3. The SMILES string of the molecule is Cn1c(=O)n(C2CCC(=O)NC2=O)c2cccc(C#CCOC3CCN(CC4CCC(n5cc(NCc6cnn7ccc(N8C[C@H]9C[C@@H]8CO9)nc67)c(C(F)F)n5)CC4)CC3)c21. The number of aryl methyl sites for hydroxylation is 1. The number of nitrogens with zero attached hydrogens (tertiary/aromatic N) is 9. The summed E-state index contributed by atoms with van der Waals surface area (Å²) >= 11 is 0. The molecular weight excluding hydrogens is 801 g/mol. The van der Waals surface area contributed by atoms with Crippen LogP contribution in [0.5, 0.6) is 0 Å². The molecule has 18 heteroatoms. The zero-order valence-corrected chi connectivity index (χ0v) is 34.7. The molecule has 5 aliphatic rings. The van der Waals surface area contributed by atoms with Gasteiger partial charge in [-0.05, 0) is 75.5 Å². The molecule has 4 saturated heterocycles. The van der Waals surface area contributed by atoms with Gasteiger partial charge in [-0.15, -0.1) is 0 Å². The Kier molecular flexibility index (Phi) is 11.0. The minimum Gasteiger partial charge on any atom is -0.378 e. The third-order valence-corrected chi connectivity index (χ3v) is 13.5. The van der Waals surface area contributed by atoms with Gasteiger partial charge in [0.25, 0.3) is 6.43 Å². The van der Waals surface area contributed by atoms with Crippen molar-refractivity contribution in [3.63, 3.8) is 0 Å². The van der Waals surface area contributed by atoms with E-state index in [4.69, 9.17) is 14.5 Å². The van der Waals surface area contributed by atoms with Crippen LogP contribution in [0.25, 0.3) is 16.7 Å². The van der Waals surface area contributed by atoms with Crippen molar-refractivity contribution in [2.75, 3.05) is 49.6 Å². The summed E-state index contributed by atoms with van der Waals surface area (Å²) in [5.74, 6) is 6.94. The van der Waals surface area contributed by atoms with Gasteiger partial charge in [-0.3, -0.25) is 28.7 Å². The number of halogens is 2. The number of hydrogen-bond acceptors (Lipinski definition) is 11. The largest absolute Gasteiger partial charge is 0.378 e. The van der Waals surface area contributed by atoms with Gasteiger partial charge in [0.1, 0.15) is 18.5 Å². The van der Waals surface area contributed by atoms with Crippen LogP contribution in [0.2, 0.25) is 0 Å². The lowest BCUT2D eigenvalue weighted by Crippen LogP contribution is -2.44. The average Bonchev–Trinajstić information content (AvgIpc) is 4.13. The van der Waals surface area contributed by atoms with Gasteiger partial charge < -0.3 is 24.6 Å². The van der Waals surface area contributed by atoms with Crippen molar-refractivity contribution < 1.29 is 27.8 Å². The van der Waals surface area contributed by atoms with E-state index in [1.165, 1.54) is 9.13 Å². The molecule has 1 aliphatic carbocycles. The number of piperidine rings is 2. The summed E-state index contributed by atoms with van der Waals surface area (Å²) in [6, 6.07) is 7.09. The van der Waals surface area contributed by atoms with Crippen molar-refractivity contribution in [3.05, 3.63) is 70.2 Å². The number of imidazole rings is 1. The number of fused-ring (bicyclic) bond motifs is 4. The Hall–Kier alpha value is -5.64. The summed E-state index contributed by atoms with van der Waals surface area (Å²) in [4.78, 5) is 47.2. The Labute approximate surface area is 356 Å². The number of hydrogen-bond donors (Lipinski definition) is 2. The van der Waals surface area contributed by atoms with Gasteiger partial charge in [0.15, 0.2) is 11.3 Å². The van der Waals surface area contributed by atoms with E-state index in [1.54, 1.807) is 34.7 Å². The molecule has 2 amide bonds. The number of para-hydroxylation sites is 1. The number of amides is 2. The third kappa shape index (κ3) is 7.86. The minimum absolute atomic E-state index is 0.0719. The summed E-state index contributed by atoms with van der Waals surface area (Å²) in [5.41, 5.74) is 3.23. The maximum Gasteiger partial charge on any atom is 0.329 e. The molecule has 5 aromatic rings. The van der Waals surface area contributed by atoms with Crippen LogP contribution < -0.4 is 21.2 Å². The van der Waals surface area contributed by atoms with Crippen LogP contribution in [0, 0.1) is 17.8 Å². The molecule has 3 atom stereocenters. The van der Waals surface area contributed by atoms with Crippen molar-refractivity contribution in [1.29, 1.82) is 0 Å². The third-order valence-electron chi connectivity index (χ3n) is 13.5. The predicted molar refractivity (Wildman–Crippen MR) is 225 cm³/mol. The van der Waals surface area contributed by atoms with Gasteiger partial charge in [-0.2, -0.15) is 10.2 Å².